The topological polar surface area (TPSA) is 75.7 Å². The van der Waals surface area contributed by atoms with Gasteiger partial charge in [0.15, 0.2) is 0 Å². The van der Waals surface area contributed by atoms with E-state index in [4.69, 9.17) is 4.74 Å². The van der Waals surface area contributed by atoms with Gasteiger partial charge >= 0.3 is 0 Å². The van der Waals surface area contributed by atoms with Crippen molar-refractivity contribution in [2.45, 2.75) is 24.7 Å². The van der Waals surface area contributed by atoms with Gasteiger partial charge in [-0.25, -0.2) is 17.2 Å². The van der Waals surface area contributed by atoms with Crippen LogP contribution >= 0.6 is 0 Å². The number of halogens is 2. The number of ether oxygens (including phenoxy) is 1. The van der Waals surface area contributed by atoms with E-state index in [1.54, 1.807) is 36.4 Å². The van der Waals surface area contributed by atoms with Crippen molar-refractivity contribution < 1.29 is 26.7 Å². The smallest absolute Gasteiger partial charge is 0.264 e. The second-order valence-electron chi connectivity index (χ2n) is 7.47. The van der Waals surface area contributed by atoms with Crippen molar-refractivity contribution >= 4 is 21.6 Å². The normalized spacial score (nSPS) is 11.1. The minimum Gasteiger partial charge on any atom is -0.494 e. The van der Waals surface area contributed by atoms with Crippen LogP contribution in [0.25, 0.3) is 0 Å². The van der Waals surface area contributed by atoms with Crippen LogP contribution in [0, 0.1) is 11.6 Å². The lowest BCUT2D eigenvalue weighted by atomic mass is 10.1. The summed E-state index contributed by atoms with van der Waals surface area (Å²) in [6, 6.07) is 16.9. The number of anilines is 1. The van der Waals surface area contributed by atoms with Gasteiger partial charge in [0.25, 0.3) is 10.0 Å². The van der Waals surface area contributed by atoms with E-state index in [0.29, 0.717) is 31.7 Å². The van der Waals surface area contributed by atoms with Crippen molar-refractivity contribution in [3.05, 3.63) is 90.0 Å². The molecule has 1 amide bonds. The Morgan fingerprint density at radius 2 is 1.50 bits per heavy atom. The van der Waals surface area contributed by atoms with E-state index in [2.05, 4.69) is 5.32 Å². The molecular formula is C25H26F2N2O4S. The summed E-state index contributed by atoms with van der Waals surface area (Å²) < 4.78 is 59.3. The average Bonchev–Trinajstić information content (AvgIpc) is 2.82. The number of sulfonamides is 1. The van der Waals surface area contributed by atoms with Gasteiger partial charge in [0.1, 0.15) is 23.9 Å². The van der Waals surface area contributed by atoms with E-state index in [1.807, 2.05) is 6.92 Å². The Morgan fingerprint density at radius 3 is 2.09 bits per heavy atom. The molecule has 6 nitrogen and oxygen atoms in total. The van der Waals surface area contributed by atoms with E-state index in [-0.39, 0.29) is 16.4 Å². The summed E-state index contributed by atoms with van der Waals surface area (Å²) in [5, 5.41) is 2.73. The van der Waals surface area contributed by atoms with Crippen LogP contribution in [0.15, 0.2) is 77.7 Å². The molecule has 0 atom stereocenters. The second kappa shape index (κ2) is 11.6. The molecule has 3 rings (SSSR count). The molecule has 0 aliphatic carbocycles. The first-order valence-electron chi connectivity index (χ1n) is 10.8. The van der Waals surface area contributed by atoms with Crippen LogP contribution in [-0.2, 0) is 21.2 Å². The molecule has 0 radical (unpaired) electrons. The van der Waals surface area contributed by atoms with E-state index in [0.717, 1.165) is 34.1 Å². The quantitative estimate of drug-likeness (QED) is 0.408. The minimum atomic E-state index is -4.14. The van der Waals surface area contributed by atoms with Gasteiger partial charge in [0.05, 0.1) is 17.2 Å². The van der Waals surface area contributed by atoms with Gasteiger partial charge in [-0.2, -0.15) is 0 Å². The van der Waals surface area contributed by atoms with E-state index >= 15 is 0 Å². The molecule has 34 heavy (non-hydrogen) atoms. The predicted octanol–water partition coefficient (Wildman–Crippen LogP) is 4.31. The summed E-state index contributed by atoms with van der Waals surface area (Å²) in [4.78, 5) is 12.5. The number of carbonyl (C=O) groups is 1. The fraction of sp³-hybridized carbons (Fsp3) is 0.240. The van der Waals surface area contributed by atoms with Crippen LogP contribution in [0.1, 0.15) is 18.9 Å². The number of aryl methyl sites for hydroxylation is 1. The Bertz CT molecular complexity index is 1180. The van der Waals surface area contributed by atoms with Crippen molar-refractivity contribution in [2.75, 3.05) is 24.0 Å². The van der Waals surface area contributed by atoms with Crippen LogP contribution in [0.3, 0.4) is 0 Å². The van der Waals surface area contributed by atoms with Gasteiger partial charge in [-0.3, -0.25) is 9.10 Å². The molecule has 9 heteroatoms. The molecule has 0 unspecified atom stereocenters. The first-order valence-corrected chi connectivity index (χ1v) is 12.3. The Labute approximate surface area is 198 Å². The summed E-state index contributed by atoms with van der Waals surface area (Å²) in [5.74, 6) is -0.798. The molecule has 0 aliphatic heterocycles. The number of nitrogens with one attached hydrogen (secondary N) is 1. The Kier molecular flexibility index (Phi) is 8.59. The first-order chi connectivity index (χ1) is 16.3. The molecular weight excluding hydrogens is 462 g/mol. The highest BCUT2D eigenvalue weighted by Crippen LogP contribution is 2.26. The maximum Gasteiger partial charge on any atom is 0.264 e. The van der Waals surface area contributed by atoms with Gasteiger partial charge in [-0.1, -0.05) is 12.1 Å². The number of hydrogen-bond donors (Lipinski definition) is 1. The third-order valence-electron chi connectivity index (χ3n) is 5.00. The van der Waals surface area contributed by atoms with E-state index in [9.17, 15) is 22.0 Å². The van der Waals surface area contributed by atoms with Crippen LogP contribution in [-0.4, -0.2) is 34.0 Å². The second-order valence-corrected chi connectivity index (χ2v) is 9.33. The number of carbonyl (C=O) groups excluding carboxylic acids is 1. The van der Waals surface area contributed by atoms with Gasteiger partial charge in [-0.15, -0.1) is 0 Å². The molecule has 3 aromatic carbocycles. The largest absolute Gasteiger partial charge is 0.494 e. The number of nitrogens with zero attached hydrogens (tertiary/aromatic N) is 1. The van der Waals surface area contributed by atoms with Gasteiger partial charge < -0.3 is 10.1 Å². The standard InChI is InChI=1S/C25H26F2N2O4S/c1-2-33-23-13-11-22(12-14-23)29(34(31,32)24-15-9-21(27)10-16-24)18-25(30)28-17-3-4-19-5-7-20(26)8-6-19/h5-16H,2-4,17-18H2,1H3,(H,28,30). The van der Waals surface area contributed by atoms with Crippen molar-refractivity contribution in [2.24, 2.45) is 0 Å². The fourth-order valence-corrected chi connectivity index (χ4v) is 4.70. The molecule has 0 saturated heterocycles. The third-order valence-corrected chi connectivity index (χ3v) is 6.79. The summed E-state index contributed by atoms with van der Waals surface area (Å²) in [6.07, 6.45) is 1.24. The molecule has 0 fully saturated rings. The summed E-state index contributed by atoms with van der Waals surface area (Å²) >= 11 is 0. The lowest BCUT2D eigenvalue weighted by Crippen LogP contribution is -2.41. The van der Waals surface area contributed by atoms with Crippen LogP contribution in [0.4, 0.5) is 14.5 Å². The Hall–Kier alpha value is -3.46. The molecule has 180 valence electrons. The lowest BCUT2D eigenvalue weighted by molar-refractivity contribution is -0.119. The summed E-state index contributed by atoms with van der Waals surface area (Å²) in [5.41, 5.74) is 1.21. The number of amides is 1. The monoisotopic (exact) mass is 488 g/mol. The highest BCUT2D eigenvalue weighted by atomic mass is 32.2. The summed E-state index contributed by atoms with van der Waals surface area (Å²) in [6.45, 7) is 2.16. The van der Waals surface area contributed by atoms with E-state index < -0.39 is 28.3 Å². The van der Waals surface area contributed by atoms with E-state index in [1.165, 1.54) is 12.1 Å². The average molecular weight is 489 g/mol. The molecule has 0 bridgehead atoms. The zero-order chi connectivity index (χ0) is 24.6. The van der Waals surface area contributed by atoms with Gasteiger partial charge in [0.2, 0.25) is 5.91 Å². The molecule has 0 aliphatic rings. The number of rotatable bonds is 11. The molecule has 1 N–H and O–H groups in total. The Balaban J connectivity index is 1.71. The number of hydrogen-bond acceptors (Lipinski definition) is 4. The van der Waals surface area contributed by atoms with Gasteiger partial charge in [0, 0.05) is 6.54 Å². The fourth-order valence-electron chi connectivity index (χ4n) is 3.28. The van der Waals surface area contributed by atoms with Crippen molar-refractivity contribution in [3.63, 3.8) is 0 Å². The molecule has 3 aromatic rings. The zero-order valence-corrected chi connectivity index (χ0v) is 19.5. The zero-order valence-electron chi connectivity index (χ0n) is 18.7. The highest BCUT2D eigenvalue weighted by Gasteiger charge is 2.27. The van der Waals surface area contributed by atoms with Crippen LogP contribution in [0.5, 0.6) is 5.75 Å². The highest BCUT2D eigenvalue weighted by molar-refractivity contribution is 7.92. The maximum atomic E-state index is 13.3. The maximum absolute atomic E-state index is 13.3. The van der Waals surface area contributed by atoms with Crippen molar-refractivity contribution in [1.29, 1.82) is 0 Å². The number of benzene rings is 3. The minimum absolute atomic E-state index is 0.133. The molecule has 0 saturated carbocycles. The van der Waals surface area contributed by atoms with Crippen molar-refractivity contribution in [1.82, 2.24) is 5.32 Å². The molecule has 0 spiro atoms. The lowest BCUT2D eigenvalue weighted by Gasteiger charge is -2.24. The SMILES string of the molecule is CCOc1ccc(N(CC(=O)NCCCc2ccc(F)cc2)S(=O)(=O)c2ccc(F)cc2)cc1. The van der Waals surface area contributed by atoms with Crippen molar-refractivity contribution in [3.8, 4) is 5.75 Å². The Morgan fingerprint density at radius 1 is 0.912 bits per heavy atom. The molecule has 0 aromatic heterocycles. The third kappa shape index (κ3) is 6.77. The summed E-state index contributed by atoms with van der Waals surface area (Å²) in [7, 11) is -4.14. The van der Waals surface area contributed by atoms with Gasteiger partial charge in [-0.05, 0) is 86.0 Å². The molecule has 0 heterocycles. The van der Waals surface area contributed by atoms with Crippen LogP contribution in [0.2, 0.25) is 0 Å². The first kappa shape index (κ1) is 25.2. The predicted molar refractivity (Wildman–Crippen MR) is 126 cm³/mol. The van der Waals surface area contributed by atoms with Crippen LogP contribution < -0.4 is 14.4 Å².